The maximum absolute atomic E-state index is 12.2. The lowest BCUT2D eigenvalue weighted by Gasteiger charge is -2.17. The van der Waals surface area contributed by atoms with E-state index >= 15 is 0 Å². The molecule has 1 saturated heterocycles. The quantitative estimate of drug-likeness (QED) is 0.814. The van der Waals surface area contributed by atoms with Gasteiger partial charge in [0.05, 0.1) is 12.4 Å². The Hall–Kier alpha value is -3.16. The van der Waals surface area contributed by atoms with Crippen molar-refractivity contribution in [2.45, 2.75) is 12.5 Å². The number of hydrogen-bond acceptors (Lipinski definition) is 6. The van der Waals surface area contributed by atoms with Crippen LogP contribution < -0.4 is 10.1 Å². The largest absolute Gasteiger partial charge is 0.484 e. The first-order valence-corrected chi connectivity index (χ1v) is 7.89. The van der Waals surface area contributed by atoms with Crippen molar-refractivity contribution in [3.8, 4) is 5.75 Å². The van der Waals surface area contributed by atoms with E-state index in [0.29, 0.717) is 24.7 Å². The van der Waals surface area contributed by atoms with Gasteiger partial charge in [-0.05, 0) is 18.6 Å². The van der Waals surface area contributed by atoms with E-state index in [0.717, 1.165) is 6.42 Å². The molecule has 1 atom stereocenters. The monoisotopic (exact) mass is 342 g/mol. The number of carboxylic acid groups (broad SMARTS) is 1. The molecule has 2 aromatic rings. The van der Waals surface area contributed by atoms with Gasteiger partial charge in [0.1, 0.15) is 11.6 Å². The highest BCUT2D eigenvalue weighted by Gasteiger charge is 2.26. The van der Waals surface area contributed by atoms with E-state index < -0.39 is 5.97 Å². The van der Waals surface area contributed by atoms with Crippen molar-refractivity contribution in [2.75, 3.05) is 25.0 Å². The number of carbonyl (C=O) groups excluding carboxylic acids is 1. The van der Waals surface area contributed by atoms with Crippen LogP contribution in [0.5, 0.6) is 5.75 Å². The molecule has 0 bridgehead atoms. The van der Waals surface area contributed by atoms with Crippen LogP contribution in [0.1, 0.15) is 16.9 Å². The van der Waals surface area contributed by atoms with Crippen molar-refractivity contribution in [1.82, 2.24) is 14.9 Å². The fourth-order valence-electron chi connectivity index (χ4n) is 2.58. The van der Waals surface area contributed by atoms with Gasteiger partial charge in [0, 0.05) is 19.1 Å². The molecule has 1 fully saturated rings. The molecule has 0 radical (unpaired) electrons. The number of benzene rings is 1. The number of aromatic carboxylic acids is 1. The number of likely N-dealkylation sites (tertiary alicyclic amines) is 1. The lowest BCUT2D eigenvalue weighted by atomic mass is 10.2. The second kappa shape index (κ2) is 7.61. The summed E-state index contributed by atoms with van der Waals surface area (Å²) >= 11 is 0. The van der Waals surface area contributed by atoms with Crippen LogP contribution in [-0.2, 0) is 4.79 Å². The predicted octanol–water partition coefficient (Wildman–Crippen LogP) is 1.27. The molecule has 1 aliphatic heterocycles. The Labute approximate surface area is 144 Å². The van der Waals surface area contributed by atoms with Crippen molar-refractivity contribution in [1.29, 1.82) is 0 Å². The highest BCUT2D eigenvalue weighted by atomic mass is 16.5. The van der Waals surface area contributed by atoms with E-state index in [9.17, 15) is 9.59 Å². The van der Waals surface area contributed by atoms with Crippen molar-refractivity contribution < 1.29 is 19.4 Å². The lowest BCUT2D eigenvalue weighted by Crippen LogP contribution is -2.35. The van der Waals surface area contributed by atoms with Crippen LogP contribution in [-0.4, -0.2) is 57.6 Å². The van der Waals surface area contributed by atoms with Gasteiger partial charge in [-0.25, -0.2) is 14.8 Å². The van der Waals surface area contributed by atoms with E-state index in [1.54, 1.807) is 17.0 Å². The van der Waals surface area contributed by atoms with Crippen molar-refractivity contribution in [2.24, 2.45) is 0 Å². The molecule has 0 saturated carbocycles. The fourth-order valence-corrected chi connectivity index (χ4v) is 2.58. The van der Waals surface area contributed by atoms with Gasteiger partial charge in [-0.1, -0.05) is 18.2 Å². The van der Waals surface area contributed by atoms with Crippen LogP contribution >= 0.6 is 0 Å². The first-order chi connectivity index (χ1) is 12.1. The molecular weight excluding hydrogens is 324 g/mol. The van der Waals surface area contributed by atoms with Crippen molar-refractivity contribution in [3.63, 3.8) is 0 Å². The number of nitrogens with one attached hydrogen (secondary N) is 1. The maximum Gasteiger partial charge on any atom is 0.356 e. The third-order valence-electron chi connectivity index (χ3n) is 3.87. The molecule has 8 nitrogen and oxygen atoms in total. The molecule has 1 amide bonds. The molecule has 2 N–H and O–H groups in total. The third kappa shape index (κ3) is 4.43. The van der Waals surface area contributed by atoms with Crippen LogP contribution in [0, 0.1) is 0 Å². The number of carboxylic acids is 1. The van der Waals surface area contributed by atoms with E-state index in [1.807, 2.05) is 18.2 Å². The van der Waals surface area contributed by atoms with E-state index in [4.69, 9.17) is 9.84 Å². The standard InChI is InChI=1S/C17H18N4O4/c22-16(11-25-13-4-2-1-3-5-13)21-7-6-12(10-21)20-15-9-18-14(8-19-15)17(23)24/h1-5,8-9,12H,6-7,10-11H2,(H,19,20)(H,23,24). The Morgan fingerprint density at radius 3 is 2.72 bits per heavy atom. The summed E-state index contributed by atoms with van der Waals surface area (Å²) in [6.45, 7) is 1.18. The number of amides is 1. The molecule has 1 aromatic carbocycles. The van der Waals surface area contributed by atoms with Crippen LogP contribution in [0.25, 0.3) is 0 Å². The van der Waals surface area contributed by atoms with Gasteiger partial charge >= 0.3 is 5.97 Å². The average molecular weight is 342 g/mol. The number of hydrogen-bond donors (Lipinski definition) is 2. The summed E-state index contributed by atoms with van der Waals surface area (Å²) in [5, 5.41) is 12.0. The zero-order chi connectivity index (χ0) is 17.6. The zero-order valence-corrected chi connectivity index (χ0v) is 13.5. The summed E-state index contributed by atoms with van der Waals surface area (Å²) in [6.07, 6.45) is 3.36. The zero-order valence-electron chi connectivity index (χ0n) is 13.5. The summed E-state index contributed by atoms with van der Waals surface area (Å²) in [5.41, 5.74) is -0.105. The topological polar surface area (TPSA) is 105 Å². The molecule has 3 rings (SSSR count). The molecule has 25 heavy (non-hydrogen) atoms. The Morgan fingerprint density at radius 1 is 1.24 bits per heavy atom. The first kappa shape index (κ1) is 16.7. The second-order valence-corrected chi connectivity index (χ2v) is 5.66. The van der Waals surface area contributed by atoms with Crippen LogP contribution in [0.4, 0.5) is 5.82 Å². The number of carbonyl (C=O) groups is 2. The number of para-hydroxylation sites is 1. The van der Waals surface area contributed by atoms with Crippen molar-refractivity contribution >= 4 is 17.7 Å². The molecule has 0 aliphatic carbocycles. The molecule has 1 unspecified atom stereocenters. The number of rotatable bonds is 6. The molecule has 130 valence electrons. The Bertz CT molecular complexity index is 736. The minimum atomic E-state index is -1.12. The molecule has 2 heterocycles. The molecule has 0 spiro atoms. The van der Waals surface area contributed by atoms with Crippen LogP contribution in [0.2, 0.25) is 0 Å². The third-order valence-corrected chi connectivity index (χ3v) is 3.87. The molecular formula is C17H18N4O4. The van der Waals surface area contributed by atoms with Gasteiger partial charge in [-0.3, -0.25) is 4.79 Å². The minimum Gasteiger partial charge on any atom is -0.484 e. The fraction of sp³-hybridized carbons (Fsp3) is 0.294. The van der Waals surface area contributed by atoms with Crippen LogP contribution in [0.15, 0.2) is 42.7 Å². The number of nitrogens with zero attached hydrogens (tertiary/aromatic N) is 3. The van der Waals surface area contributed by atoms with Gasteiger partial charge in [-0.2, -0.15) is 0 Å². The number of anilines is 1. The van der Waals surface area contributed by atoms with Gasteiger partial charge in [-0.15, -0.1) is 0 Å². The predicted molar refractivity (Wildman–Crippen MR) is 89.5 cm³/mol. The van der Waals surface area contributed by atoms with Gasteiger partial charge in [0.25, 0.3) is 5.91 Å². The highest BCUT2D eigenvalue weighted by Crippen LogP contribution is 2.15. The van der Waals surface area contributed by atoms with Gasteiger partial charge in [0.15, 0.2) is 12.3 Å². The van der Waals surface area contributed by atoms with Crippen molar-refractivity contribution in [3.05, 3.63) is 48.4 Å². The summed E-state index contributed by atoms with van der Waals surface area (Å²) in [6, 6.07) is 9.25. The summed E-state index contributed by atoms with van der Waals surface area (Å²) in [4.78, 5) is 32.6. The Kier molecular flexibility index (Phi) is 5.08. The Balaban J connectivity index is 1.47. The first-order valence-electron chi connectivity index (χ1n) is 7.89. The number of ether oxygens (including phenoxy) is 1. The normalized spacial score (nSPS) is 16.5. The van der Waals surface area contributed by atoms with Gasteiger partial charge < -0.3 is 20.1 Å². The average Bonchev–Trinajstić information content (AvgIpc) is 3.09. The molecule has 8 heteroatoms. The van der Waals surface area contributed by atoms with E-state index in [-0.39, 0.29) is 24.2 Å². The summed E-state index contributed by atoms with van der Waals surface area (Å²) < 4.78 is 5.48. The summed E-state index contributed by atoms with van der Waals surface area (Å²) in [5.74, 6) is -0.0288. The highest BCUT2D eigenvalue weighted by molar-refractivity contribution is 5.84. The Morgan fingerprint density at radius 2 is 2.04 bits per heavy atom. The SMILES string of the molecule is O=C(O)c1cnc(NC2CCN(C(=O)COc3ccccc3)C2)cn1. The van der Waals surface area contributed by atoms with E-state index in [2.05, 4.69) is 15.3 Å². The van der Waals surface area contributed by atoms with E-state index in [1.165, 1.54) is 12.4 Å². The minimum absolute atomic E-state index is 0.00382. The molecule has 1 aliphatic rings. The molecule has 1 aromatic heterocycles. The number of aromatic nitrogens is 2. The van der Waals surface area contributed by atoms with Crippen LogP contribution in [0.3, 0.4) is 0 Å². The lowest BCUT2D eigenvalue weighted by molar-refractivity contribution is -0.132. The smallest absolute Gasteiger partial charge is 0.356 e. The second-order valence-electron chi connectivity index (χ2n) is 5.66. The summed E-state index contributed by atoms with van der Waals surface area (Å²) in [7, 11) is 0. The maximum atomic E-state index is 12.2. The van der Waals surface area contributed by atoms with Gasteiger partial charge in [0.2, 0.25) is 0 Å².